The number of nitro groups is 1. The number of nitrogens with two attached hydrogens (primary N) is 1. The molecule has 1 unspecified atom stereocenters. The van der Waals surface area contributed by atoms with Crippen molar-refractivity contribution in [3.8, 4) is 0 Å². The molecular formula is C12H20N4O3. The lowest BCUT2D eigenvalue weighted by Gasteiger charge is -2.12. The molecule has 7 heteroatoms. The normalized spacial score (nSPS) is 12.5. The van der Waals surface area contributed by atoms with Gasteiger partial charge in [0, 0.05) is 24.7 Å². The van der Waals surface area contributed by atoms with Crippen molar-refractivity contribution >= 4 is 11.6 Å². The molecule has 0 aromatic carbocycles. The first-order chi connectivity index (χ1) is 8.82. The van der Waals surface area contributed by atoms with Gasteiger partial charge in [0.2, 0.25) is 0 Å². The number of rotatable bonds is 6. The molecule has 0 saturated carbocycles. The maximum Gasteiger partial charge on any atom is 0.287 e. The van der Waals surface area contributed by atoms with E-state index < -0.39 is 4.92 Å². The number of hydrogen-bond acceptors (Lipinski definition) is 4. The van der Waals surface area contributed by atoms with Crippen molar-refractivity contribution in [2.45, 2.75) is 39.3 Å². The smallest absolute Gasteiger partial charge is 0.287 e. The second-order valence-corrected chi connectivity index (χ2v) is 4.86. The fourth-order valence-electron chi connectivity index (χ4n) is 1.68. The standard InChI is InChI=1S/C12H20N4O3/c1-8(2)15-7-10(16(18)19)6-11(15)12(17)14-5-4-9(3)13/h6-9H,4-5,13H2,1-3H3,(H,14,17). The molecule has 0 radical (unpaired) electrons. The van der Waals surface area contributed by atoms with Crippen LogP contribution in [0.3, 0.4) is 0 Å². The Bertz CT molecular complexity index is 466. The average Bonchev–Trinajstić information content (AvgIpc) is 2.73. The first kappa shape index (κ1) is 15.2. The Kier molecular flexibility index (Phi) is 5.05. The Labute approximate surface area is 111 Å². The zero-order valence-electron chi connectivity index (χ0n) is 11.4. The fraction of sp³-hybridized carbons (Fsp3) is 0.583. The van der Waals surface area contributed by atoms with E-state index >= 15 is 0 Å². The predicted octanol–water partition coefficient (Wildman–Crippen LogP) is 1.44. The van der Waals surface area contributed by atoms with Crippen LogP contribution in [0, 0.1) is 10.1 Å². The van der Waals surface area contributed by atoms with Crippen molar-refractivity contribution in [2.75, 3.05) is 6.54 Å². The SMILES string of the molecule is CC(N)CCNC(=O)c1cc([N+](=O)[O-])cn1C(C)C. The zero-order chi connectivity index (χ0) is 14.6. The molecule has 1 atom stereocenters. The van der Waals surface area contributed by atoms with Crippen LogP contribution in [0.4, 0.5) is 5.69 Å². The topological polar surface area (TPSA) is 103 Å². The molecule has 1 aromatic rings. The summed E-state index contributed by atoms with van der Waals surface area (Å²) in [4.78, 5) is 22.2. The van der Waals surface area contributed by atoms with Crippen LogP contribution in [-0.4, -0.2) is 28.0 Å². The number of nitrogens with zero attached hydrogens (tertiary/aromatic N) is 2. The van der Waals surface area contributed by atoms with Crippen molar-refractivity contribution in [3.63, 3.8) is 0 Å². The van der Waals surface area contributed by atoms with E-state index in [4.69, 9.17) is 5.73 Å². The largest absolute Gasteiger partial charge is 0.351 e. The second kappa shape index (κ2) is 6.33. The van der Waals surface area contributed by atoms with Crippen LogP contribution in [-0.2, 0) is 0 Å². The number of carbonyl (C=O) groups is 1. The fourth-order valence-corrected chi connectivity index (χ4v) is 1.68. The summed E-state index contributed by atoms with van der Waals surface area (Å²) in [6.45, 7) is 6.03. The summed E-state index contributed by atoms with van der Waals surface area (Å²) in [6, 6.07) is 1.27. The number of amides is 1. The highest BCUT2D eigenvalue weighted by Crippen LogP contribution is 2.20. The molecule has 0 spiro atoms. The molecular weight excluding hydrogens is 248 g/mol. The van der Waals surface area contributed by atoms with E-state index in [-0.39, 0.29) is 23.7 Å². The minimum atomic E-state index is -0.502. The van der Waals surface area contributed by atoms with Crippen LogP contribution >= 0.6 is 0 Å². The average molecular weight is 268 g/mol. The van der Waals surface area contributed by atoms with Gasteiger partial charge in [-0.15, -0.1) is 0 Å². The summed E-state index contributed by atoms with van der Waals surface area (Å²) in [6.07, 6.45) is 2.04. The Hall–Kier alpha value is -1.89. The van der Waals surface area contributed by atoms with E-state index in [0.717, 1.165) is 0 Å². The van der Waals surface area contributed by atoms with E-state index in [1.54, 1.807) is 4.57 Å². The summed E-state index contributed by atoms with van der Waals surface area (Å²) in [5.41, 5.74) is 5.81. The van der Waals surface area contributed by atoms with Gasteiger partial charge in [-0.25, -0.2) is 0 Å². The quantitative estimate of drug-likeness (QED) is 0.601. The van der Waals surface area contributed by atoms with Gasteiger partial charge in [-0.2, -0.15) is 0 Å². The molecule has 19 heavy (non-hydrogen) atoms. The third-order valence-electron chi connectivity index (χ3n) is 2.72. The molecule has 1 rings (SSSR count). The predicted molar refractivity (Wildman–Crippen MR) is 72.1 cm³/mol. The van der Waals surface area contributed by atoms with Crippen molar-refractivity contribution in [1.82, 2.24) is 9.88 Å². The highest BCUT2D eigenvalue weighted by Gasteiger charge is 2.20. The number of nitrogens with one attached hydrogen (secondary N) is 1. The first-order valence-corrected chi connectivity index (χ1v) is 6.23. The Morgan fingerprint density at radius 2 is 2.16 bits per heavy atom. The second-order valence-electron chi connectivity index (χ2n) is 4.86. The molecule has 1 amide bonds. The highest BCUT2D eigenvalue weighted by atomic mass is 16.6. The van der Waals surface area contributed by atoms with E-state index in [0.29, 0.717) is 18.7 Å². The summed E-state index contributed by atoms with van der Waals surface area (Å²) < 4.78 is 1.60. The molecule has 1 heterocycles. The lowest BCUT2D eigenvalue weighted by atomic mass is 10.2. The molecule has 0 aliphatic rings. The highest BCUT2D eigenvalue weighted by molar-refractivity contribution is 5.93. The molecule has 0 fully saturated rings. The number of carbonyl (C=O) groups excluding carboxylic acids is 1. The molecule has 106 valence electrons. The van der Waals surface area contributed by atoms with Gasteiger partial charge in [-0.1, -0.05) is 0 Å². The van der Waals surface area contributed by atoms with Gasteiger partial charge in [0.25, 0.3) is 11.6 Å². The van der Waals surface area contributed by atoms with E-state index in [1.165, 1.54) is 12.3 Å². The summed E-state index contributed by atoms with van der Waals surface area (Å²) >= 11 is 0. The van der Waals surface area contributed by atoms with E-state index in [2.05, 4.69) is 5.32 Å². The monoisotopic (exact) mass is 268 g/mol. The summed E-state index contributed by atoms with van der Waals surface area (Å²) in [5, 5.41) is 13.5. The zero-order valence-corrected chi connectivity index (χ0v) is 11.4. The summed E-state index contributed by atoms with van der Waals surface area (Å²) in [7, 11) is 0. The molecule has 0 aliphatic carbocycles. The van der Waals surface area contributed by atoms with Gasteiger partial charge in [0.15, 0.2) is 0 Å². The van der Waals surface area contributed by atoms with Crippen LogP contribution in [0.5, 0.6) is 0 Å². The molecule has 0 saturated heterocycles. The van der Waals surface area contributed by atoms with Crippen LogP contribution < -0.4 is 11.1 Å². The van der Waals surface area contributed by atoms with Crippen molar-refractivity contribution in [3.05, 3.63) is 28.1 Å². The summed E-state index contributed by atoms with van der Waals surface area (Å²) in [5.74, 6) is -0.317. The maximum atomic E-state index is 12.0. The minimum Gasteiger partial charge on any atom is -0.351 e. The lowest BCUT2D eigenvalue weighted by molar-refractivity contribution is -0.384. The van der Waals surface area contributed by atoms with Crippen molar-refractivity contribution in [2.24, 2.45) is 5.73 Å². The van der Waals surface area contributed by atoms with Gasteiger partial charge in [-0.3, -0.25) is 14.9 Å². The first-order valence-electron chi connectivity index (χ1n) is 6.23. The molecule has 7 nitrogen and oxygen atoms in total. The molecule has 3 N–H and O–H groups in total. The van der Waals surface area contributed by atoms with E-state index in [9.17, 15) is 14.9 Å². The Morgan fingerprint density at radius 3 is 2.63 bits per heavy atom. The van der Waals surface area contributed by atoms with Gasteiger partial charge >= 0.3 is 0 Å². The third-order valence-corrected chi connectivity index (χ3v) is 2.72. The van der Waals surface area contributed by atoms with Gasteiger partial charge in [0.05, 0.1) is 11.1 Å². The Balaban J connectivity index is 2.85. The van der Waals surface area contributed by atoms with Crippen LogP contribution in [0.25, 0.3) is 0 Å². The third kappa shape index (κ3) is 4.06. The molecule has 1 aromatic heterocycles. The molecule has 0 aliphatic heterocycles. The van der Waals surface area contributed by atoms with Gasteiger partial charge < -0.3 is 15.6 Å². The number of aromatic nitrogens is 1. The van der Waals surface area contributed by atoms with Crippen molar-refractivity contribution < 1.29 is 9.72 Å². The maximum absolute atomic E-state index is 12.0. The molecule has 0 bridgehead atoms. The van der Waals surface area contributed by atoms with Crippen LogP contribution in [0.2, 0.25) is 0 Å². The lowest BCUT2D eigenvalue weighted by Crippen LogP contribution is -2.30. The van der Waals surface area contributed by atoms with Gasteiger partial charge in [0.1, 0.15) is 5.69 Å². The van der Waals surface area contributed by atoms with E-state index in [1.807, 2.05) is 20.8 Å². The van der Waals surface area contributed by atoms with Gasteiger partial charge in [-0.05, 0) is 27.2 Å². The van der Waals surface area contributed by atoms with Crippen LogP contribution in [0.1, 0.15) is 43.7 Å². The van der Waals surface area contributed by atoms with Crippen LogP contribution in [0.15, 0.2) is 12.3 Å². The number of hydrogen-bond donors (Lipinski definition) is 2. The minimum absolute atomic E-state index is 0.00604. The van der Waals surface area contributed by atoms with Crippen molar-refractivity contribution in [1.29, 1.82) is 0 Å². The Morgan fingerprint density at radius 1 is 1.53 bits per heavy atom.